The normalized spacial score (nSPS) is 15.9. The molecule has 1 aliphatic carbocycles. The highest BCUT2D eigenvalue weighted by Crippen LogP contribution is 2.35. The Bertz CT molecular complexity index is 1150. The molecule has 0 saturated heterocycles. The minimum absolute atomic E-state index is 0.276. The van der Waals surface area contributed by atoms with Crippen LogP contribution >= 0.6 is 0 Å². The third-order valence-corrected chi connectivity index (χ3v) is 6.47. The third kappa shape index (κ3) is 5.32. The molecule has 3 aromatic carbocycles. The molecule has 4 rings (SSSR count). The number of ether oxygens (including phenoxy) is 1. The Hall–Kier alpha value is -3.01. The van der Waals surface area contributed by atoms with E-state index in [4.69, 9.17) is 4.74 Å². The van der Waals surface area contributed by atoms with E-state index in [9.17, 15) is 13.2 Å². The van der Waals surface area contributed by atoms with Gasteiger partial charge in [-0.05, 0) is 86.3 Å². The molecule has 0 bridgehead atoms. The molecule has 0 aromatic heterocycles. The fraction of sp³-hybridized carbons (Fsp3) is 0.310. The number of halogens is 3. The molecule has 0 radical (unpaired) electrons. The van der Waals surface area contributed by atoms with Gasteiger partial charge in [0.15, 0.2) is 23.2 Å². The van der Waals surface area contributed by atoms with E-state index < -0.39 is 11.6 Å². The fourth-order valence-corrected chi connectivity index (χ4v) is 4.48. The summed E-state index contributed by atoms with van der Waals surface area (Å²) < 4.78 is 49.0. The van der Waals surface area contributed by atoms with E-state index in [0.717, 1.165) is 42.4 Å². The van der Waals surface area contributed by atoms with E-state index in [1.807, 2.05) is 44.2 Å². The van der Waals surface area contributed by atoms with Gasteiger partial charge in [0.05, 0.1) is 6.61 Å². The Morgan fingerprint density at radius 2 is 1.67 bits per heavy atom. The number of aryl methyl sites for hydroxylation is 2. The van der Waals surface area contributed by atoms with Crippen molar-refractivity contribution in [3.8, 4) is 16.9 Å². The fourth-order valence-electron chi connectivity index (χ4n) is 4.48. The summed E-state index contributed by atoms with van der Waals surface area (Å²) in [6, 6.07) is 15.9. The van der Waals surface area contributed by atoms with Crippen LogP contribution in [0.4, 0.5) is 13.2 Å². The number of hydrogen-bond acceptors (Lipinski definition) is 1. The maximum atomic E-state index is 14.8. The van der Waals surface area contributed by atoms with Crippen molar-refractivity contribution in [1.29, 1.82) is 0 Å². The van der Waals surface area contributed by atoms with Gasteiger partial charge < -0.3 is 4.74 Å². The quantitative estimate of drug-likeness (QED) is 0.352. The Morgan fingerprint density at radius 1 is 0.909 bits per heavy atom. The van der Waals surface area contributed by atoms with Crippen molar-refractivity contribution in [3.05, 3.63) is 94.8 Å². The van der Waals surface area contributed by atoms with Crippen molar-refractivity contribution in [2.75, 3.05) is 6.61 Å². The van der Waals surface area contributed by atoms with Crippen molar-refractivity contribution >= 4 is 5.57 Å². The first kappa shape index (κ1) is 23.2. The number of rotatable bonds is 7. The first-order valence-corrected chi connectivity index (χ1v) is 11.6. The SMILES string of the molecule is CCOc1ccc(C2=CCC(CCc3ccc(-c4ccc(C)cc4)c(F)c3F)CC2)cc1F. The van der Waals surface area contributed by atoms with Crippen LogP contribution in [0, 0.1) is 30.3 Å². The van der Waals surface area contributed by atoms with Crippen LogP contribution in [-0.2, 0) is 6.42 Å². The van der Waals surface area contributed by atoms with Crippen LogP contribution in [-0.4, -0.2) is 6.61 Å². The van der Waals surface area contributed by atoms with Crippen LogP contribution in [0.5, 0.6) is 5.75 Å². The number of hydrogen-bond donors (Lipinski definition) is 0. The first-order valence-electron chi connectivity index (χ1n) is 11.6. The minimum atomic E-state index is -0.778. The Kier molecular flexibility index (Phi) is 7.22. The van der Waals surface area contributed by atoms with E-state index in [1.165, 1.54) is 6.07 Å². The molecular formula is C29H29F3O. The topological polar surface area (TPSA) is 9.23 Å². The highest BCUT2D eigenvalue weighted by atomic mass is 19.2. The molecule has 4 heteroatoms. The lowest BCUT2D eigenvalue weighted by molar-refractivity contribution is 0.321. The summed E-state index contributed by atoms with van der Waals surface area (Å²) in [6.07, 6.45) is 6.11. The van der Waals surface area contributed by atoms with E-state index in [2.05, 4.69) is 6.08 Å². The van der Waals surface area contributed by atoms with Crippen molar-refractivity contribution < 1.29 is 17.9 Å². The van der Waals surface area contributed by atoms with Crippen molar-refractivity contribution in [1.82, 2.24) is 0 Å². The smallest absolute Gasteiger partial charge is 0.166 e. The second kappa shape index (κ2) is 10.3. The van der Waals surface area contributed by atoms with Gasteiger partial charge in [0.1, 0.15) is 0 Å². The summed E-state index contributed by atoms with van der Waals surface area (Å²) in [7, 11) is 0. The van der Waals surface area contributed by atoms with Gasteiger partial charge in [-0.1, -0.05) is 54.1 Å². The van der Waals surface area contributed by atoms with Gasteiger partial charge >= 0.3 is 0 Å². The Balaban J connectivity index is 1.38. The van der Waals surface area contributed by atoms with E-state index in [0.29, 0.717) is 35.6 Å². The zero-order valence-electron chi connectivity index (χ0n) is 19.1. The predicted molar refractivity (Wildman–Crippen MR) is 128 cm³/mol. The van der Waals surface area contributed by atoms with Gasteiger partial charge in [0.25, 0.3) is 0 Å². The molecule has 0 saturated carbocycles. The monoisotopic (exact) mass is 450 g/mol. The largest absolute Gasteiger partial charge is 0.491 e. The van der Waals surface area contributed by atoms with Crippen molar-refractivity contribution in [2.24, 2.45) is 5.92 Å². The molecule has 1 nitrogen and oxygen atoms in total. The molecule has 0 aliphatic heterocycles. The maximum Gasteiger partial charge on any atom is 0.166 e. The maximum absolute atomic E-state index is 14.8. The molecule has 0 spiro atoms. The first-order chi connectivity index (χ1) is 16.0. The van der Waals surface area contributed by atoms with Gasteiger partial charge in [0.2, 0.25) is 0 Å². The van der Waals surface area contributed by atoms with Gasteiger partial charge in [-0.2, -0.15) is 0 Å². The summed E-state index contributed by atoms with van der Waals surface area (Å²) in [5, 5.41) is 0. The molecular weight excluding hydrogens is 421 g/mol. The van der Waals surface area contributed by atoms with Crippen LogP contribution in [0.3, 0.4) is 0 Å². The third-order valence-electron chi connectivity index (χ3n) is 6.47. The summed E-state index contributed by atoms with van der Waals surface area (Å²) in [4.78, 5) is 0. The standard InChI is InChI=1S/C29H29F3O/c1-3-33-27-17-15-24(18-26(27)30)21-11-6-20(7-12-21)8-13-23-14-16-25(29(32)28(23)31)22-9-4-19(2)5-10-22/h4-5,9-11,14-18,20H,3,6-8,12-13H2,1-2H3. The summed E-state index contributed by atoms with van der Waals surface area (Å²) >= 11 is 0. The van der Waals surface area contributed by atoms with Gasteiger partial charge in [-0.25, -0.2) is 13.2 Å². The Labute approximate surface area is 193 Å². The molecule has 3 aromatic rings. The summed E-state index contributed by atoms with van der Waals surface area (Å²) in [5.74, 6) is -1.19. The zero-order chi connectivity index (χ0) is 23.4. The zero-order valence-corrected chi connectivity index (χ0v) is 19.1. The summed E-state index contributed by atoms with van der Waals surface area (Å²) in [5.41, 5.74) is 4.49. The predicted octanol–water partition coefficient (Wildman–Crippen LogP) is 8.29. The van der Waals surface area contributed by atoms with E-state index in [-0.39, 0.29) is 11.6 Å². The molecule has 0 fully saturated rings. The molecule has 1 atom stereocenters. The molecule has 0 N–H and O–H groups in total. The second-order valence-electron chi connectivity index (χ2n) is 8.75. The average Bonchev–Trinajstić information content (AvgIpc) is 2.82. The second-order valence-corrected chi connectivity index (χ2v) is 8.75. The lowest BCUT2D eigenvalue weighted by Gasteiger charge is -2.22. The van der Waals surface area contributed by atoms with Crippen molar-refractivity contribution in [3.63, 3.8) is 0 Å². The molecule has 1 unspecified atom stereocenters. The van der Waals surface area contributed by atoms with Gasteiger partial charge in [-0.15, -0.1) is 0 Å². The van der Waals surface area contributed by atoms with Crippen LogP contribution < -0.4 is 4.74 Å². The molecule has 172 valence electrons. The lowest BCUT2D eigenvalue weighted by Crippen LogP contribution is -2.08. The minimum Gasteiger partial charge on any atom is -0.491 e. The van der Waals surface area contributed by atoms with Crippen LogP contribution in [0.1, 0.15) is 49.3 Å². The van der Waals surface area contributed by atoms with Crippen molar-refractivity contribution in [2.45, 2.75) is 46.0 Å². The number of benzene rings is 3. The van der Waals surface area contributed by atoms with Gasteiger partial charge in [-0.3, -0.25) is 0 Å². The summed E-state index contributed by atoms with van der Waals surface area (Å²) in [6.45, 7) is 4.22. The van der Waals surface area contributed by atoms with Crippen LogP contribution in [0.25, 0.3) is 16.7 Å². The number of allylic oxidation sites excluding steroid dienone is 2. The average molecular weight is 451 g/mol. The lowest BCUT2D eigenvalue weighted by atomic mass is 9.83. The Morgan fingerprint density at radius 3 is 2.33 bits per heavy atom. The molecule has 33 heavy (non-hydrogen) atoms. The highest BCUT2D eigenvalue weighted by Gasteiger charge is 2.19. The molecule has 0 heterocycles. The van der Waals surface area contributed by atoms with Gasteiger partial charge in [0, 0.05) is 5.56 Å². The highest BCUT2D eigenvalue weighted by molar-refractivity contribution is 5.67. The van der Waals surface area contributed by atoms with E-state index in [1.54, 1.807) is 18.2 Å². The molecule has 1 aliphatic rings. The van der Waals surface area contributed by atoms with E-state index >= 15 is 0 Å². The van der Waals surface area contributed by atoms with Crippen LogP contribution in [0.2, 0.25) is 0 Å². The van der Waals surface area contributed by atoms with Crippen LogP contribution in [0.15, 0.2) is 60.7 Å². The molecule has 0 amide bonds.